The van der Waals surface area contributed by atoms with E-state index in [0.29, 0.717) is 19.0 Å². The molecule has 0 saturated carbocycles. The van der Waals surface area contributed by atoms with E-state index in [0.717, 1.165) is 24.3 Å². The lowest BCUT2D eigenvalue weighted by Gasteiger charge is -2.36. The third kappa shape index (κ3) is 3.86. The molecule has 2 heterocycles. The number of amides is 3. The van der Waals surface area contributed by atoms with Crippen molar-refractivity contribution in [1.29, 1.82) is 0 Å². The minimum Gasteiger partial charge on any atom is -0.338 e. The van der Waals surface area contributed by atoms with Crippen LogP contribution in [0.4, 0.5) is 10.5 Å². The van der Waals surface area contributed by atoms with Gasteiger partial charge in [0.05, 0.1) is 0 Å². The number of nitrogens with one attached hydrogen (secondary N) is 1. The summed E-state index contributed by atoms with van der Waals surface area (Å²) >= 11 is 1.94. The molecule has 2 aliphatic heterocycles. The standard InChI is InChI=1S/C18H25N3O2S/c1-20(18(23)19-12-14-9-11-24-13-14)16-8-5-10-21(17(16)22)15-6-3-2-4-7-15/h2-4,6-7,14,16H,5,8-13H2,1H3,(H,19,23)/t14-,16+/m1/s1. The largest absolute Gasteiger partial charge is 0.338 e. The number of carbonyl (C=O) groups excluding carboxylic acids is 2. The molecule has 5 nitrogen and oxygen atoms in total. The summed E-state index contributed by atoms with van der Waals surface area (Å²) < 4.78 is 0. The second-order valence-corrected chi connectivity index (χ2v) is 7.66. The number of rotatable bonds is 4. The minimum absolute atomic E-state index is 0.0153. The van der Waals surface area contributed by atoms with Crippen LogP contribution in [0.1, 0.15) is 19.3 Å². The molecule has 1 aromatic rings. The lowest BCUT2D eigenvalue weighted by Crippen LogP contribution is -2.55. The summed E-state index contributed by atoms with van der Waals surface area (Å²) in [6.45, 7) is 1.42. The fourth-order valence-corrected chi connectivity index (χ4v) is 4.61. The Hall–Kier alpha value is -1.69. The van der Waals surface area contributed by atoms with Crippen LogP contribution in [-0.2, 0) is 4.79 Å². The molecular formula is C18H25N3O2S. The maximum Gasteiger partial charge on any atom is 0.317 e. The minimum atomic E-state index is -0.378. The van der Waals surface area contributed by atoms with Gasteiger partial charge in [0, 0.05) is 25.8 Å². The summed E-state index contributed by atoms with van der Waals surface area (Å²) in [6.07, 6.45) is 2.80. The molecule has 2 saturated heterocycles. The Bertz CT molecular complexity index is 575. The van der Waals surface area contributed by atoms with Gasteiger partial charge in [-0.25, -0.2) is 4.79 Å². The summed E-state index contributed by atoms with van der Waals surface area (Å²) in [5.74, 6) is 2.88. The average Bonchev–Trinajstić information content (AvgIpc) is 3.13. The molecule has 1 aromatic carbocycles. The molecule has 0 radical (unpaired) electrons. The molecule has 3 amide bonds. The Morgan fingerprint density at radius 3 is 2.83 bits per heavy atom. The molecule has 3 rings (SSSR count). The maximum atomic E-state index is 12.8. The van der Waals surface area contributed by atoms with E-state index in [1.807, 2.05) is 42.1 Å². The van der Waals surface area contributed by atoms with Crippen LogP contribution < -0.4 is 10.2 Å². The summed E-state index contributed by atoms with van der Waals surface area (Å²) in [4.78, 5) is 28.6. The SMILES string of the molecule is CN(C(=O)NC[C@H]1CCSC1)[C@H]1CCCN(c2ccccc2)C1=O. The zero-order valence-corrected chi connectivity index (χ0v) is 14.9. The Balaban J connectivity index is 1.60. The van der Waals surface area contributed by atoms with Gasteiger partial charge in [-0.3, -0.25) is 4.79 Å². The molecule has 0 spiro atoms. The van der Waals surface area contributed by atoms with E-state index in [-0.39, 0.29) is 18.0 Å². The monoisotopic (exact) mass is 347 g/mol. The number of piperidine rings is 1. The van der Waals surface area contributed by atoms with E-state index in [9.17, 15) is 9.59 Å². The Morgan fingerprint density at radius 2 is 2.12 bits per heavy atom. The number of urea groups is 1. The summed E-state index contributed by atoms with van der Waals surface area (Å²) in [5, 5.41) is 3.00. The lowest BCUT2D eigenvalue weighted by molar-refractivity contribution is -0.123. The van der Waals surface area contributed by atoms with Gasteiger partial charge in [0.1, 0.15) is 6.04 Å². The second-order valence-electron chi connectivity index (χ2n) is 6.51. The fourth-order valence-electron chi connectivity index (χ4n) is 3.32. The van der Waals surface area contributed by atoms with Crippen molar-refractivity contribution in [3.8, 4) is 0 Å². The molecule has 2 aliphatic rings. The van der Waals surface area contributed by atoms with Crippen molar-refractivity contribution in [2.24, 2.45) is 5.92 Å². The number of thioether (sulfide) groups is 1. The summed E-state index contributed by atoms with van der Waals surface area (Å²) in [5.41, 5.74) is 0.906. The summed E-state index contributed by atoms with van der Waals surface area (Å²) in [6, 6.07) is 9.17. The highest BCUT2D eigenvalue weighted by atomic mass is 32.2. The van der Waals surface area contributed by atoms with E-state index < -0.39 is 0 Å². The van der Waals surface area contributed by atoms with Crippen molar-refractivity contribution in [2.75, 3.05) is 36.5 Å². The smallest absolute Gasteiger partial charge is 0.317 e. The molecule has 1 N–H and O–H groups in total. The van der Waals surface area contributed by atoms with Crippen LogP contribution >= 0.6 is 11.8 Å². The molecule has 0 unspecified atom stereocenters. The molecule has 6 heteroatoms. The van der Waals surface area contributed by atoms with Crippen LogP contribution in [0.15, 0.2) is 30.3 Å². The number of carbonyl (C=O) groups is 2. The maximum absolute atomic E-state index is 12.8. The van der Waals surface area contributed by atoms with Crippen LogP contribution in [0.2, 0.25) is 0 Å². The van der Waals surface area contributed by atoms with E-state index in [2.05, 4.69) is 5.32 Å². The van der Waals surface area contributed by atoms with Crippen molar-refractivity contribution in [1.82, 2.24) is 10.2 Å². The van der Waals surface area contributed by atoms with E-state index in [1.165, 1.54) is 12.2 Å². The molecule has 24 heavy (non-hydrogen) atoms. The van der Waals surface area contributed by atoms with Gasteiger partial charge in [-0.2, -0.15) is 11.8 Å². The first-order valence-corrected chi connectivity index (χ1v) is 9.77. The summed E-state index contributed by atoms with van der Waals surface area (Å²) in [7, 11) is 1.73. The second kappa shape index (κ2) is 7.92. The van der Waals surface area contributed by atoms with Crippen molar-refractivity contribution in [2.45, 2.75) is 25.3 Å². The Kier molecular flexibility index (Phi) is 5.66. The number of hydrogen-bond donors (Lipinski definition) is 1. The molecule has 130 valence electrons. The van der Waals surface area contributed by atoms with Gasteiger partial charge in [-0.15, -0.1) is 0 Å². The predicted octanol–water partition coefficient (Wildman–Crippen LogP) is 2.58. The predicted molar refractivity (Wildman–Crippen MR) is 98.4 cm³/mol. The van der Waals surface area contributed by atoms with Crippen LogP contribution in [0.25, 0.3) is 0 Å². The quantitative estimate of drug-likeness (QED) is 0.911. The van der Waals surface area contributed by atoms with Crippen molar-refractivity contribution in [3.05, 3.63) is 30.3 Å². The molecular weight excluding hydrogens is 322 g/mol. The van der Waals surface area contributed by atoms with Crippen LogP contribution in [-0.4, -0.2) is 54.5 Å². The first kappa shape index (κ1) is 17.1. The molecule has 0 bridgehead atoms. The molecule has 2 atom stereocenters. The number of likely N-dealkylation sites (N-methyl/N-ethyl adjacent to an activating group) is 1. The normalized spacial score (nSPS) is 24.0. The van der Waals surface area contributed by atoms with Gasteiger partial charge < -0.3 is 15.1 Å². The number of nitrogens with zero attached hydrogens (tertiary/aromatic N) is 2. The Morgan fingerprint density at radius 1 is 1.33 bits per heavy atom. The highest BCUT2D eigenvalue weighted by molar-refractivity contribution is 7.99. The van der Waals surface area contributed by atoms with Crippen molar-refractivity contribution in [3.63, 3.8) is 0 Å². The first-order valence-electron chi connectivity index (χ1n) is 8.61. The van der Waals surface area contributed by atoms with Gasteiger partial charge >= 0.3 is 6.03 Å². The lowest BCUT2D eigenvalue weighted by atomic mass is 10.0. The molecule has 2 fully saturated rings. The molecule has 0 aromatic heterocycles. The van der Waals surface area contributed by atoms with Crippen molar-refractivity contribution < 1.29 is 9.59 Å². The van der Waals surface area contributed by atoms with E-state index in [1.54, 1.807) is 16.8 Å². The van der Waals surface area contributed by atoms with E-state index >= 15 is 0 Å². The topological polar surface area (TPSA) is 52.7 Å². The Labute approximate surface area is 147 Å². The van der Waals surface area contributed by atoms with Crippen molar-refractivity contribution >= 4 is 29.4 Å². The van der Waals surface area contributed by atoms with Gasteiger partial charge in [-0.05, 0) is 48.8 Å². The first-order chi connectivity index (χ1) is 11.7. The average molecular weight is 347 g/mol. The third-order valence-corrected chi connectivity index (χ3v) is 6.06. The van der Waals surface area contributed by atoms with Crippen LogP contribution in [0.5, 0.6) is 0 Å². The van der Waals surface area contributed by atoms with Gasteiger partial charge in [-0.1, -0.05) is 18.2 Å². The van der Waals surface area contributed by atoms with Gasteiger partial charge in [0.15, 0.2) is 0 Å². The third-order valence-electron chi connectivity index (χ3n) is 4.83. The molecule has 0 aliphatic carbocycles. The zero-order valence-electron chi connectivity index (χ0n) is 14.1. The highest BCUT2D eigenvalue weighted by Crippen LogP contribution is 2.24. The van der Waals surface area contributed by atoms with Crippen LogP contribution in [0, 0.1) is 5.92 Å². The number of benzene rings is 1. The van der Waals surface area contributed by atoms with Gasteiger partial charge in [0.25, 0.3) is 0 Å². The zero-order chi connectivity index (χ0) is 16.9. The number of para-hydroxylation sites is 1. The van der Waals surface area contributed by atoms with E-state index in [4.69, 9.17) is 0 Å². The fraction of sp³-hybridized carbons (Fsp3) is 0.556. The van der Waals surface area contributed by atoms with Crippen LogP contribution in [0.3, 0.4) is 0 Å². The van der Waals surface area contributed by atoms with Gasteiger partial charge in [0.2, 0.25) is 5.91 Å². The number of hydrogen-bond acceptors (Lipinski definition) is 3. The number of anilines is 1. The highest BCUT2D eigenvalue weighted by Gasteiger charge is 2.34.